The predicted octanol–water partition coefficient (Wildman–Crippen LogP) is 4.78. The van der Waals surface area contributed by atoms with Gasteiger partial charge in [0.25, 0.3) is 15.9 Å². The van der Waals surface area contributed by atoms with Crippen LogP contribution in [0.4, 0.5) is 11.4 Å². The van der Waals surface area contributed by atoms with E-state index in [1.807, 2.05) is 26.0 Å². The molecule has 3 rings (SSSR count). The van der Waals surface area contributed by atoms with Crippen LogP contribution in [0.2, 0.25) is 5.02 Å². The number of rotatable bonds is 7. The second-order valence-electron chi connectivity index (χ2n) is 6.74. The summed E-state index contributed by atoms with van der Waals surface area (Å²) in [5.74, 6) is 0.0693. The Balaban J connectivity index is 1.58. The summed E-state index contributed by atoms with van der Waals surface area (Å²) in [5.41, 5.74) is 3.00. The number of amides is 1. The van der Waals surface area contributed by atoms with Crippen molar-refractivity contribution in [2.75, 3.05) is 16.6 Å². The smallest absolute Gasteiger partial charge is 0.262 e. The zero-order valence-corrected chi connectivity index (χ0v) is 18.0. The second-order valence-corrected chi connectivity index (χ2v) is 8.83. The Bertz CT molecular complexity index is 1140. The maximum atomic E-state index is 12.5. The van der Waals surface area contributed by atoms with Crippen LogP contribution in [-0.4, -0.2) is 20.9 Å². The molecular weight excluding hydrogens is 424 g/mol. The van der Waals surface area contributed by atoms with Crippen molar-refractivity contribution in [3.8, 4) is 5.75 Å². The summed E-state index contributed by atoms with van der Waals surface area (Å²) in [4.78, 5) is 12.1. The highest BCUT2D eigenvalue weighted by Crippen LogP contribution is 2.23. The zero-order valence-electron chi connectivity index (χ0n) is 16.5. The normalized spacial score (nSPS) is 11.0. The highest BCUT2D eigenvalue weighted by atomic mass is 35.5. The summed E-state index contributed by atoms with van der Waals surface area (Å²) in [5, 5.41) is 3.21. The van der Waals surface area contributed by atoms with Crippen molar-refractivity contribution in [3.63, 3.8) is 0 Å². The van der Waals surface area contributed by atoms with Crippen molar-refractivity contribution in [2.24, 2.45) is 0 Å². The number of hydrogen-bond donors (Lipinski definition) is 2. The summed E-state index contributed by atoms with van der Waals surface area (Å²) in [6.07, 6.45) is 0. The highest BCUT2D eigenvalue weighted by Gasteiger charge is 2.15. The molecule has 0 saturated heterocycles. The minimum absolute atomic E-state index is 0.0654. The van der Waals surface area contributed by atoms with Gasteiger partial charge in [-0.3, -0.25) is 9.52 Å². The van der Waals surface area contributed by atoms with Crippen LogP contribution in [0.3, 0.4) is 0 Å². The summed E-state index contributed by atoms with van der Waals surface area (Å²) < 4.78 is 33.0. The van der Waals surface area contributed by atoms with Crippen molar-refractivity contribution in [2.45, 2.75) is 18.7 Å². The largest absolute Gasteiger partial charge is 0.484 e. The van der Waals surface area contributed by atoms with Crippen molar-refractivity contribution in [1.29, 1.82) is 0 Å². The molecule has 0 aromatic heterocycles. The molecule has 3 aromatic rings. The minimum atomic E-state index is -3.78. The van der Waals surface area contributed by atoms with Gasteiger partial charge < -0.3 is 10.1 Å². The van der Waals surface area contributed by atoms with Gasteiger partial charge in [-0.2, -0.15) is 0 Å². The van der Waals surface area contributed by atoms with E-state index < -0.39 is 10.0 Å². The molecule has 0 spiro atoms. The van der Waals surface area contributed by atoms with Gasteiger partial charge in [0.05, 0.1) is 10.6 Å². The lowest BCUT2D eigenvalue weighted by atomic mass is 10.2. The highest BCUT2D eigenvalue weighted by molar-refractivity contribution is 7.92. The van der Waals surface area contributed by atoms with E-state index in [1.165, 1.54) is 24.3 Å². The molecule has 0 aliphatic heterocycles. The average Bonchev–Trinajstić information content (AvgIpc) is 2.71. The molecule has 0 heterocycles. The SMILES string of the molecule is Cc1ccc(NC(=O)COc2ccc(S(=O)(=O)Nc3ccc(C)c(Cl)c3)cc2)cc1. The first-order chi connectivity index (χ1) is 14.2. The first kappa shape index (κ1) is 21.7. The van der Waals surface area contributed by atoms with Gasteiger partial charge in [-0.05, 0) is 67.9 Å². The molecule has 0 saturated carbocycles. The maximum absolute atomic E-state index is 12.5. The average molecular weight is 445 g/mol. The first-order valence-corrected chi connectivity index (χ1v) is 11.0. The van der Waals surface area contributed by atoms with Crippen LogP contribution < -0.4 is 14.8 Å². The van der Waals surface area contributed by atoms with Crippen molar-refractivity contribution >= 4 is 38.9 Å². The maximum Gasteiger partial charge on any atom is 0.262 e. The monoisotopic (exact) mass is 444 g/mol. The Kier molecular flexibility index (Phi) is 6.64. The molecule has 0 radical (unpaired) electrons. The van der Waals surface area contributed by atoms with E-state index in [1.54, 1.807) is 30.3 Å². The van der Waals surface area contributed by atoms with Crippen LogP contribution in [0.1, 0.15) is 11.1 Å². The molecule has 0 fully saturated rings. The Labute approximate surface area is 180 Å². The first-order valence-electron chi connectivity index (χ1n) is 9.11. The molecular formula is C22H21ClN2O4S. The van der Waals surface area contributed by atoms with E-state index in [0.717, 1.165) is 11.1 Å². The quantitative estimate of drug-likeness (QED) is 0.549. The van der Waals surface area contributed by atoms with Gasteiger partial charge in [0.2, 0.25) is 0 Å². The summed E-state index contributed by atoms with van der Waals surface area (Å²) >= 11 is 6.04. The minimum Gasteiger partial charge on any atom is -0.484 e. The molecule has 2 N–H and O–H groups in total. The Morgan fingerprint density at radius 3 is 2.20 bits per heavy atom. The van der Waals surface area contributed by atoms with Crippen LogP contribution in [-0.2, 0) is 14.8 Å². The van der Waals surface area contributed by atoms with Crippen LogP contribution >= 0.6 is 11.6 Å². The molecule has 0 aliphatic rings. The molecule has 0 unspecified atom stereocenters. The van der Waals surface area contributed by atoms with E-state index in [-0.39, 0.29) is 17.4 Å². The Hall–Kier alpha value is -3.03. The number of ether oxygens (including phenoxy) is 1. The van der Waals surface area contributed by atoms with Gasteiger partial charge >= 0.3 is 0 Å². The van der Waals surface area contributed by atoms with Crippen LogP contribution in [0.15, 0.2) is 71.6 Å². The number of sulfonamides is 1. The molecule has 6 nitrogen and oxygen atoms in total. The van der Waals surface area contributed by atoms with Crippen molar-refractivity contribution in [3.05, 3.63) is 82.9 Å². The van der Waals surface area contributed by atoms with E-state index in [2.05, 4.69) is 10.0 Å². The number of carbonyl (C=O) groups is 1. The fraction of sp³-hybridized carbons (Fsp3) is 0.136. The standard InChI is InChI=1S/C22H21ClN2O4S/c1-15-3-6-17(7-4-15)24-22(26)14-29-19-9-11-20(12-10-19)30(27,28)25-18-8-5-16(2)21(23)13-18/h3-13,25H,14H2,1-2H3,(H,24,26). The molecule has 1 amide bonds. The molecule has 156 valence electrons. The third kappa shape index (κ3) is 5.75. The third-order valence-corrected chi connectivity index (χ3v) is 6.07. The lowest BCUT2D eigenvalue weighted by Crippen LogP contribution is -2.20. The van der Waals surface area contributed by atoms with E-state index in [0.29, 0.717) is 22.1 Å². The number of halogens is 1. The van der Waals surface area contributed by atoms with E-state index in [9.17, 15) is 13.2 Å². The number of nitrogens with one attached hydrogen (secondary N) is 2. The summed E-state index contributed by atoms with van der Waals surface area (Å²) in [6, 6.07) is 18.1. The number of carbonyl (C=O) groups excluding carboxylic acids is 1. The van der Waals surface area contributed by atoms with Gasteiger partial charge in [-0.1, -0.05) is 35.4 Å². The molecule has 0 bridgehead atoms. The summed E-state index contributed by atoms with van der Waals surface area (Å²) in [7, 11) is -3.78. The molecule has 0 aliphatic carbocycles. The zero-order chi connectivity index (χ0) is 21.7. The molecule has 3 aromatic carbocycles. The third-order valence-electron chi connectivity index (χ3n) is 4.26. The van der Waals surface area contributed by atoms with Gasteiger partial charge in [-0.25, -0.2) is 8.42 Å². The Morgan fingerprint density at radius 1 is 0.933 bits per heavy atom. The van der Waals surface area contributed by atoms with E-state index in [4.69, 9.17) is 16.3 Å². The molecule has 0 atom stereocenters. The van der Waals surface area contributed by atoms with Gasteiger partial charge in [-0.15, -0.1) is 0 Å². The topological polar surface area (TPSA) is 84.5 Å². The van der Waals surface area contributed by atoms with Crippen molar-refractivity contribution in [1.82, 2.24) is 0 Å². The van der Waals surface area contributed by atoms with Gasteiger partial charge in [0.1, 0.15) is 5.75 Å². The predicted molar refractivity (Wildman–Crippen MR) is 119 cm³/mol. The number of hydrogen-bond acceptors (Lipinski definition) is 4. The van der Waals surface area contributed by atoms with Crippen LogP contribution in [0, 0.1) is 13.8 Å². The van der Waals surface area contributed by atoms with E-state index >= 15 is 0 Å². The number of aryl methyl sites for hydroxylation is 2. The lowest BCUT2D eigenvalue weighted by Gasteiger charge is -2.11. The molecule has 30 heavy (non-hydrogen) atoms. The second kappa shape index (κ2) is 9.19. The van der Waals surface area contributed by atoms with Gasteiger partial charge in [0.15, 0.2) is 6.61 Å². The van der Waals surface area contributed by atoms with Crippen molar-refractivity contribution < 1.29 is 17.9 Å². The fourth-order valence-corrected chi connectivity index (χ4v) is 3.80. The fourth-order valence-electron chi connectivity index (χ4n) is 2.57. The number of benzene rings is 3. The summed E-state index contributed by atoms with van der Waals surface area (Å²) in [6.45, 7) is 3.60. The van der Waals surface area contributed by atoms with Crippen LogP contribution in [0.5, 0.6) is 5.75 Å². The van der Waals surface area contributed by atoms with Gasteiger partial charge in [0, 0.05) is 10.7 Å². The Morgan fingerprint density at radius 2 is 1.57 bits per heavy atom. The van der Waals surface area contributed by atoms with Crippen LogP contribution in [0.25, 0.3) is 0 Å². The number of anilines is 2. The lowest BCUT2D eigenvalue weighted by molar-refractivity contribution is -0.118. The molecule has 8 heteroatoms.